The summed E-state index contributed by atoms with van der Waals surface area (Å²) in [7, 11) is 0. The summed E-state index contributed by atoms with van der Waals surface area (Å²) in [5.41, 5.74) is 1.71. The Hall–Kier alpha value is -1.82. The van der Waals surface area contributed by atoms with Crippen molar-refractivity contribution in [2.75, 3.05) is 18.8 Å². The molecule has 0 radical (unpaired) electrons. The lowest BCUT2D eigenvalue weighted by Crippen LogP contribution is -2.49. The second-order valence-corrected chi connectivity index (χ2v) is 10.1. The molecule has 1 unspecified atom stereocenters. The van der Waals surface area contributed by atoms with E-state index in [1.54, 1.807) is 11.8 Å². The van der Waals surface area contributed by atoms with E-state index in [9.17, 15) is 9.59 Å². The number of piperidine rings is 1. The zero-order valence-corrected chi connectivity index (χ0v) is 19.1. The Morgan fingerprint density at radius 2 is 1.76 bits per heavy atom. The molecule has 1 atom stereocenters. The van der Waals surface area contributed by atoms with Crippen molar-refractivity contribution in [2.45, 2.75) is 59.9 Å². The van der Waals surface area contributed by atoms with E-state index in [4.69, 9.17) is 4.99 Å². The molecule has 6 heteroatoms. The Morgan fingerprint density at radius 1 is 1.14 bits per heavy atom. The zero-order valence-electron chi connectivity index (χ0n) is 18.3. The Labute approximate surface area is 178 Å². The number of amides is 2. The fraction of sp³-hybridized carbons (Fsp3) is 0.609. The van der Waals surface area contributed by atoms with E-state index in [2.05, 4.69) is 13.8 Å². The number of hydrogen-bond donors (Lipinski definition) is 0. The molecule has 0 spiro atoms. The molecule has 0 saturated carbocycles. The Morgan fingerprint density at radius 3 is 2.31 bits per heavy atom. The van der Waals surface area contributed by atoms with Crippen LogP contribution in [0.15, 0.2) is 29.3 Å². The lowest BCUT2D eigenvalue weighted by molar-refractivity contribution is -0.144. The number of hydrogen-bond acceptors (Lipinski definition) is 4. The van der Waals surface area contributed by atoms with Gasteiger partial charge < -0.3 is 4.90 Å². The summed E-state index contributed by atoms with van der Waals surface area (Å²) in [5.74, 6) is 1.22. The summed E-state index contributed by atoms with van der Waals surface area (Å²) in [4.78, 5) is 34.6. The quantitative estimate of drug-likeness (QED) is 0.724. The third-order valence-corrected chi connectivity index (χ3v) is 6.81. The molecule has 2 aliphatic rings. The van der Waals surface area contributed by atoms with Gasteiger partial charge in [-0.15, -0.1) is 0 Å². The zero-order chi connectivity index (χ0) is 21.2. The smallest absolute Gasteiger partial charge is 0.232 e. The van der Waals surface area contributed by atoms with Crippen LogP contribution in [0, 0.1) is 18.3 Å². The number of carbonyl (C=O) groups is 2. The number of nitrogens with zero attached hydrogens (tertiary/aromatic N) is 3. The van der Waals surface area contributed by atoms with Gasteiger partial charge in [-0.25, -0.2) is 4.99 Å². The summed E-state index contributed by atoms with van der Waals surface area (Å²) in [6.07, 6.45) is 2.39. The normalized spacial score (nSPS) is 22.4. The van der Waals surface area contributed by atoms with Gasteiger partial charge in [-0.1, -0.05) is 57.2 Å². The fourth-order valence-electron chi connectivity index (χ4n) is 3.86. The second kappa shape index (κ2) is 8.90. The first-order chi connectivity index (χ1) is 13.7. The highest BCUT2D eigenvalue weighted by Crippen LogP contribution is 2.33. The summed E-state index contributed by atoms with van der Waals surface area (Å²) in [5, 5.41) is 0.818. The minimum Gasteiger partial charge on any atom is -0.342 e. The Balaban J connectivity index is 1.72. The molecule has 2 heterocycles. The first kappa shape index (κ1) is 21.9. The predicted octanol–water partition coefficient (Wildman–Crippen LogP) is 4.62. The van der Waals surface area contributed by atoms with E-state index in [-0.39, 0.29) is 29.2 Å². The molecule has 158 valence electrons. The summed E-state index contributed by atoms with van der Waals surface area (Å²) in [6, 6.07) is 8.29. The molecule has 29 heavy (non-hydrogen) atoms. The highest BCUT2D eigenvalue weighted by atomic mass is 32.2. The lowest BCUT2D eigenvalue weighted by Gasteiger charge is -2.37. The van der Waals surface area contributed by atoms with Crippen LogP contribution in [0.3, 0.4) is 0 Å². The van der Waals surface area contributed by atoms with E-state index in [1.165, 1.54) is 5.56 Å². The molecule has 0 N–H and O–H groups in total. The molecule has 2 fully saturated rings. The van der Waals surface area contributed by atoms with Crippen LogP contribution in [0.2, 0.25) is 0 Å². The van der Waals surface area contributed by atoms with Crippen LogP contribution in [0.25, 0.3) is 0 Å². The summed E-state index contributed by atoms with van der Waals surface area (Å²) in [6.45, 7) is 11.4. The van der Waals surface area contributed by atoms with Crippen molar-refractivity contribution in [1.82, 2.24) is 9.80 Å². The number of rotatable bonds is 3. The van der Waals surface area contributed by atoms with E-state index in [1.807, 2.05) is 54.8 Å². The van der Waals surface area contributed by atoms with Crippen molar-refractivity contribution in [1.29, 1.82) is 0 Å². The highest BCUT2D eigenvalue weighted by molar-refractivity contribution is 8.14. The van der Waals surface area contributed by atoms with E-state index in [0.29, 0.717) is 13.1 Å². The number of likely N-dealkylation sites (tertiary alicyclic amines) is 1. The molecule has 3 rings (SSSR count). The Kier molecular flexibility index (Phi) is 6.72. The van der Waals surface area contributed by atoms with E-state index >= 15 is 0 Å². The third-order valence-electron chi connectivity index (χ3n) is 5.72. The van der Waals surface area contributed by atoms with Gasteiger partial charge in [0, 0.05) is 36.2 Å². The van der Waals surface area contributed by atoms with Crippen LogP contribution in [0.5, 0.6) is 0 Å². The topological polar surface area (TPSA) is 53.0 Å². The molecular formula is C23H33N3O2S. The third kappa shape index (κ3) is 5.03. The van der Waals surface area contributed by atoms with Gasteiger partial charge in [0.15, 0.2) is 5.17 Å². The van der Waals surface area contributed by atoms with Crippen LogP contribution in [0.4, 0.5) is 5.69 Å². The second-order valence-electron chi connectivity index (χ2n) is 9.13. The van der Waals surface area contributed by atoms with Crippen molar-refractivity contribution in [3.8, 4) is 0 Å². The summed E-state index contributed by atoms with van der Waals surface area (Å²) < 4.78 is 0. The van der Waals surface area contributed by atoms with Crippen molar-refractivity contribution < 1.29 is 9.59 Å². The lowest BCUT2D eigenvalue weighted by atomic mass is 9.90. The van der Waals surface area contributed by atoms with E-state index in [0.717, 1.165) is 35.9 Å². The molecule has 2 aliphatic heterocycles. The molecular weight excluding hydrogens is 382 g/mol. The van der Waals surface area contributed by atoms with Crippen molar-refractivity contribution in [3.63, 3.8) is 0 Å². The van der Waals surface area contributed by atoms with Crippen LogP contribution in [-0.4, -0.2) is 51.7 Å². The van der Waals surface area contributed by atoms with E-state index < -0.39 is 0 Å². The van der Waals surface area contributed by atoms with Crippen molar-refractivity contribution in [3.05, 3.63) is 29.8 Å². The molecule has 0 bridgehead atoms. The average Bonchev–Trinajstić information content (AvgIpc) is 3.10. The molecule has 1 aromatic carbocycles. The van der Waals surface area contributed by atoms with Gasteiger partial charge in [-0.3, -0.25) is 14.5 Å². The van der Waals surface area contributed by atoms with Gasteiger partial charge in [-0.05, 0) is 38.3 Å². The van der Waals surface area contributed by atoms with Gasteiger partial charge in [0.25, 0.3) is 0 Å². The number of aryl methyl sites for hydroxylation is 1. The van der Waals surface area contributed by atoms with Crippen LogP contribution >= 0.6 is 11.8 Å². The minimum atomic E-state index is -0.371. The van der Waals surface area contributed by atoms with Gasteiger partial charge >= 0.3 is 0 Å². The first-order valence-corrected chi connectivity index (χ1v) is 11.6. The van der Waals surface area contributed by atoms with Gasteiger partial charge in [-0.2, -0.15) is 0 Å². The first-order valence-electron chi connectivity index (χ1n) is 10.6. The van der Waals surface area contributed by atoms with Crippen molar-refractivity contribution in [2.24, 2.45) is 16.3 Å². The average molecular weight is 416 g/mol. The van der Waals surface area contributed by atoms with Gasteiger partial charge in [0.1, 0.15) is 0 Å². The SMILES string of the molecule is CCC1CSC(=Nc2ccc(C)cc2)N1C(=O)C1CCN(C(=O)C(C)(C)C)CC1. The number of carbonyl (C=O) groups excluding carboxylic acids is 2. The van der Waals surface area contributed by atoms with Crippen LogP contribution in [0.1, 0.15) is 52.5 Å². The standard InChI is InChI=1S/C23H33N3O2S/c1-6-19-15-29-22(24-18-9-7-16(2)8-10-18)26(19)20(27)17-11-13-25(14-12-17)21(28)23(3,4)5/h7-10,17,19H,6,11-15H2,1-5H3. The highest BCUT2D eigenvalue weighted by Gasteiger charge is 2.39. The summed E-state index contributed by atoms with van der Waals surface area (Å²) >= 11 is 1.67. The molecule has 0 aliphatic carbocycles. The largest absolute Gasteiger partial charge is 0.342 e. The Bertz CT molecular complexity index is 774. The molecule has 1 aromatic rings. The van der Waals surface area contributed by atoms with Gasteiger partial charge in [0.2, 0.25) is 11.8 Å². The number of aliphatic imine (C=N–C) groups is 1. The number of thioether (sulfide) groups is 1. The maximum atomic E-state index is 13.4. The fourth-order valence-corrected chi connectivity index (χ4v) is 5.14. The monoisotopic (exact) mass is 415 g/mol. The molecule has 5 nitrogen and oxygen atoms in total. The molecule has 0 aromatic heterocycles. The molecule has 2 saturated heterocycles. The molecule has 2 amide bonds. The van der Waals surface area contributed by atoms with Crippen LogP contribution < -0.4 is 0 Å². The minimum absolute atomic E-state index is 0.0324. The number of benzene rings is 1. The predicted molar refractivity (Wildman–Crippen MR) is 120 cm³/mol. The number of amidine groups is 1. The van der Waals surface area contributed by atoms with Gasteiger partial charge in [0.05, 0.1) is 5.69 Å². The maximum absolute atomic E-state index is 13.4. The van der Waals surface area contributed by atoms with Crippen LogP contribution in [-0.2, 0) is 9.59 Å². The van der Waals surface area contributed by atoms with Crippen molar-refractivity contribution >= 4 is 34.4 Å². The maximum Gasteiger partial charge on any atom is 0.232 e.